The normalized spacial score (nSPS) is 14.4. The molecule has 0 aromatic rings. The van der Waals surface area contributed by atoms with Gasteiger partial charge >= 0.3 is 6.18 Å². The van der Waals surface area contributed by atoms with E-state index < -0.39 is 12.6 Å². The summed E-state index contributed by atoms with van der Waals surface area (Å²) in [6, 6.07) is 0.247. The molecule has 0 spiro atoms. The molecule has 1 atom stereocenters. The van der Waals surface area contributed by atoms with Crippen LogP contribution in [-0.2, 0) is 0 Å². The fraction of sp³-hybridized carbons (Fsp3) is 1.00. The summed E-state index contributed by atoms with van der Waals surface area (Å²) in [4.78, 5) is 0. The zero-order valence-electron chi connectivity index (χ0n) is 8.95. The van der Waals surface area contributed by atoms with Crippen LogP contribution in [0.25, 0.3) is 0 Å². The van der Waals surface area contributed by atoms with Gasteiger partial charge in [0.25, 0.3) is 0 Å². The average molecular weight is 211 g/mol. The van der Waals surface area contributed by atoms with Crippen LogP contribution in [0.3, 0.4) is 0 Å². The first-order valence-corrected chi connectivity index (χ1v) is 5.29. The molecule has 0 radical (unpaired) electrons. The van der Waals surface area contributed by atoms with Crippen LogP contribution >= 0.6 is 0 Å². The summed E-state index contributed by atoms with van der Waals surface area (Å²) in [6.45, 7) is 4.95. The Balaban J connectivity index is 3.52. The van der Waals surface area contributed by atoms with Crippen LogP contribution in [0, 0.1) is 0 Å². The number of hydrogen-bond donors (Lipinski definition) is 1. The Kier molecular flexibility index (Phi) is 6.97. The molecule has 0 rings (SSSR count). The Labute approximate surface area is 84.1 Å². The van der Waals surface area contributed by atoms with Gasteiger partial charge in [0, 0.05) is 12.5 Å². The highest BCUT2D eigenvalue weighted by molar-refractivity contribution is 4.65. The minimum atomic E-state index is -4.00. The van der Waals surface area contributed by atoms with Crippen molar-refractivity contribution in [3.63, 3.8) is 0 Å². The monoisotopic (exact) mass is 211 g/mol. The maximum Gasteiger partial charge on any atom is 0.389 e. The smallest absolute Gasteiger partial charge is 0.314 e. The van der Waals surface area contributed by atoms with Crippen molar-refractivity contribution in [2.45, 2.75) is 58.2 Å². The molecule has 14 heavy (non-hydrogen) atoms. The van der Waals surface area contributed by atoms with Gasteiger partial charge in [-0.1, -0.05) is 13.8 Å². The Hall–Kier alpha value is -0.250. The Morgan fingerprint density at radius 1 is 1.21 bits per heavy atom. The second-order valence-corrected chi connectivity index (χ2v) is 3.57. The van der Waals surface area contributed by atoms with Gasteiger partial charge in [0.2, 0.25) is 0 Å². The predicted molar refractivity (Wildman–Crippen MR) is 52.3 cm³/mol. The Morgan fingerprint density at radius 2 is 1.86 bits per heavy atom. The van der Waals surface area contributed by atoms with E-state index in [1.54, 1.807) is 0 Å². The van der Waals surface area contributed by atoms with Crippen molar-refractivity contribution < 1.29 is 13.2 Å². The van der Waals surface area contributed by atoms with Crippen molar-refractivity contribution in [2.24, 2.45) is 0 Å². The third kappa shape index (κ3) is 8.35. The lowest BCUT2D eigenvalue weighted by atomic mass is 10.1. The van der Waals surface area contributed by atoms with Crippen LogP contribution in [0.2, 0.25) is 0 Å². The van der Waals surface area contributed by atoms with Gasteiger partial charge in [-0.3, -0.25) is 0 Å². The molecule has 0 saturated heterocycles. The van der Waals surface area contributed by atoms with Crippen molar-refractivity contribution in [3.8, 4) is 0 Å². The topological polar surface area (TPSA) is 12.0 Å². The summed E-state index contributed by atoms with van der Waals surface area (Å²) in [7, 11) is 0. The van der Waals surface area contributed by atoms with Crippen LogP contribution in [0.1, 0.15) is 46.0 Å². The first-order valence-electron chi connectivity index (χ1n) is 5.29. The number of hydrogen-bond acceptors (Lipinski definition) is 1. The molecule has 1 unspecified atom stereocenters. The first-order chi connectivity index (χ1) is 6.49. The molecule has 86 valence electrons. The molecule has 0 bridgehead atoms. The van der Waals surface area contributed by atoms with Gasteiger partial charge in [-0.05, 0) is 32.2 Å². The fourth-order valence-electron chi connectivity index (χ4n) is 1.35. The van der Waals surface area contributed by atoms with E-state index in [0.717, 1.165) is 19.4 Å². The summed E-state index contributed by atoms with van der Waals surface area (Å²) in [6.07, 6.45) is -1.87. The molecule has 4 heteroatoms. The molecule has 0 aromatic carbocycles. The molecular weight excluding hydrogens is 191 g/mol. The van der Waals surface area contributed by atoms with Gasteiger partial charge in [0.1, 0.15) is 0 Å². The van der Waals surface area contributed by atoms with Crippen LogP contribution in [0.5, 0.6) is 0 Å². The van der Waals surface area contributed by atoms with E-state index in [2.05, 4.69) is 12.2 Å². The van der Waals surface area contributed by atoms with Crippen LogP contribution in [0.4, 0.5) is 13.2 Å². The van der Waals surface area contributed by atoms with Gasteiger partial charge < -0.3 is 5.32 Å². The van der Waals surface area contributed by atoms with E-state index >= 15 is 0 Å². The molecule has 1 nitrogen and oxygen atoms in total. The number of halogens is 3. The third-order valence-corrected chi connectivity index (χ3v) is 2.19. The van der Waals surface area contributed by atoms with E-state index in [0.29, 0.717) is 6.42 Å². The maximum atomic E-state index is 11.8. The van der Waals surface area contributed by atoms with Gasteiger partial charge in [0.05, 0.1) is 0 Å². The zero-order chi connectivity index (χ0) is 11.0. The Bertz CT molecular complexity index is 134. The number of alkyl halides is 3. The minimum Gasteiger partial charge on any atom is -0.314 e. The highest BCUT2D eigenvalue weighted by Crippen LogP contribution is 2.22. The summed E-state index contributed by atoms with van der Waals surface area (Å²) in [5, 5.41) is 3.24. The summed E-state index contributed by atoms with van der Waals surface area (Å²) >= 11 is 0. The highest BCUT2D eigenvalue weighted by Gasteiger charge is 2.26. The highest BCUT2D eigenvalue weighted by atomic mass is 19.4. The molecule has 0 fully saturated rings. The zero-order valence-corrected chi connectivity index (χ0v) is 8.95. The molecule has 0 saturated carbocycles. The van der Waals surface area contributed by atoms with Gasteiger partial charge in [-0.25, -0.2) is 0 Å². The standard InChI is InChI=1S/C10H20F3N/c1-3-8-14-9(4-2)6-5-7-10(11,12)13/h9,14H,3-8H2,1-2H3. The lowest BCUT2D eigenvalue weighted by Gasteiger charge is -2.16. The van der Waals surface area contributed by atoms with Crippen molar-refractivity contribution >= 4 is 0 Å². The van der Waals surface area contributed by atoms with Gasteiger partial charge in [0.15, 0.2) is 0 Å². The van der Waals surface area contributed by atoms with Crippen molar-refractivity contribution in [1.29, 1.82) is 0 Å². The second kappa shape index (κ2) is 7.10. The summed E-state index contributed by atoms with van der Waals surface area (Å²) in [5.74, 6) is 0. The van der Waals surface area contributed by atoms with Crippen molar-refractivity contribution in [2.75, 3.05) is 6.54 Å². The van der Waals surface area contributed by atoms with Crippen LogP contribution < -0.4 is 5.32 Å². The lowest BCUT2D eigenvalue weighted by Crippen LogP contribution is -2.29. The van der Waals surface area contributed by atoms with Crippen LogP contribution in [0.15, 0.2) is 0 Å². The van der Waals surface area contributed by atoms with Crippen molar-refractivity contribution in [3.05, 3.63) is 0 Å². The molecule has 0 aromatic heterocycles. The minimum absolute atomic E-state index is 0.235. The quantitative estimate of drug-likeness (QED) is 0.679. The van der Waals surface area contributed by atoms with E-state index in [1.165, 1.54) is 0 Å². The molecule has 1 N–H and O–H groups in total. The van der Waals surface area contributed by atoms with Crippen LogP contribution in [-0.4, -0.2) is 18.8 Å². The Morgan fingerprint density at radius 3 is 2.29 bits per heavy atom. The lowest BCUT2D eigenvalue weighted by molar-refractivity contribution is -0.135. The van der Waals surface area contributed by atoms with E-state index in [1.807, 2.05) is 6.92 Å². The van der Waals surface area contributed by atoms with E-state index in [-0.39, 0.29) is 12.5 Å². The molecule has 0 aliphatic heterocycles. The number of rotatable bonds is 7. The summed E-state index contributed by atoms with van der Waals surface area (Å²) < 4.78 is 35.5. The average Bonchev–Trinajstić information content (AvgIpc) is 2.09. The second-order valence-electron chi connectivity index (χ2n) is 3.57. The largest absolute Gasteiger partial charge is 0.389 e. The first kappa shape index (κ1) is 13.8. The molecule has 0 amide bonds. The molecule has 0 aliphatic rings. The third-order valence-electron chi connectivity index (χ3n) is 2.19. The van der Waals surface area contributed by atoms with Gasteiger partial charge in [-0.2, -0.15) is 13.2 Å². The molecule has 0 heterocycles. The number of nitrogens with one attached hydrogen (secondary N) is 1. The fourth-order valence-corrected chi connectivity index (χ4v) is 1.35. The maximum absolute atomic E-state index is 11.8. The van der Waals surface area contributed by atoms with E-state index in [4.69, 9.17) is 0 Å². The summed E-state index contributed by atoms with van der Waals surface area (Å²) in [5.41, 5.74) is 0. The van der Waals surface area contributed by atoms with Crippen molar-refractivity contribution in [1.82, 2.24) is 5.32 Å². The van der Waals surface area contributed by atoms with E-state index in [9.17, 15) is 13.2 Å². The molecule has 0 aliphatic carbocycles. The predicted octanol–water partition coefficient (Wildman–Crippen LogP) is 3.50. The SMILES string of the molecule is CCCNC(CC)CCCC(F)(F)F. The molecular formula is C10H20F3N. The van der Waals surface area contributed by atoms with Gasteiger partial charge in [-0.15, -0.1) is 0 Å².